The first kappa shape index (κ1) is 39.2. The third-order valence-electron chi connectivity index (χ3n) is 10.6. The number of anilines is 1. The van der Waals surface area contributed by atoms with E-state index in [1.807, 2.05) is 74.5 Å². The highest BCUT2D eigenvalue weighted by Crippen LogP contribution is 2.50. The van der Waals surface area contributed by atoms with E-state index >= 15 is 0 Å². The van der Waals surface area contributed by atoms with Gasteiger partial charge in [-0.05, 0) is 115 Å². The Hall–Kier alpha value is -4.99. The van der Waals surface area contributed by atoms with Crippen molar-refractivity contribution >= 4 is 23.3 Å². The van der Waals surface area contributed by atoms with Crippen LogP contribution in [-0.2, 0) is 28.5 Å². The van der Waals surface area contributed by atoms with Gasteiger partial charge in [0, 0.05) is 45.8 Å². The molecule has 0 aliphatic carbocycles. The van der Waals surface area contributed by atoms with Gasteiger partial charge in [0.15, 0.2) is 0 Å². The zero-order valence-corrected chi connectivity index (χ0v) is 31.7. The number of carboxylic acids is 1. The van der Waals surface area contributed by atoms with Crippen LogP contribution in [0.25, 0.3) is 0 Å². The number of nitrogens with zero attached hydrogens (tertiary/aromatic N) is 2. The number of benzene rings is 4. The second kappa shape index (κ2) is 16.8. The van der Waals surface area contributed by atoms with Gasteiger partial charge < -0.3 is 10.0 Å². The molecule has 0 bridgehead atoms. The lowest BCUT2D eigenvalue weighted by Gasteiger charge is -2.38. The summed E-state index contributed by atoms with van der Waals surface area (Å²) in [6.45, 7) is 13.4. The third kappa shape index (κ3) is 8.80. The number of aryl methyl sites for hydroxylation is 2. The molecule has 1 unspecified atom stereocenters. The van der Waals surface area contributed by atoms with Crippen LogP contribution in [0.15, 0.2) is 127 Å². The van der Waals surface area contributed by atoms with Crippen LogP contribution in [0.5, 0.6) is 0 Å². The number of halogens is 3. The molecule has 274 valence electrons. The molecule has 4 nitrogen and oxygen atoms in total. The summed E-state index contributed by atoms with van der Waals surface area (Å²) in [7, 11) is 0. The molecule has 0 saturated heterocycles. The second-order valence-corrected chi connectivity index (χ2v) is 15.1. The van der Waals surface area contributed by atoms with E-state index in [2.05, 4.69) is 49.1 Å². The maximum Gasteiger partial charge on any atom is 0.303 e. The minimum atomic E-state index is -2.62. The van der Waals surface area contributed by atoms with E-state index in [9.17, 15) is 18.8 Å². The van der Waals surface area contributed by atoms with Gasteiger partial charge in [0.25, 0.3) is 6.43 Å². The third-order valence-corrected chi connectivity index (χ3v) is 10.9. The first-order chi connectivity index (χ1) is 25.3. The van der Waals surface area contributed by atoms with Crippen molar-refractivity contribution in [2.45, 2.75) is 83.5 Å². The van der Waals surface area contributed by atoms with Crippen LogP contribution in [0.2, 0.25) is 5.02 Å². The predicted octanol–water partition coefficient (Wildman–Crippen LogP) is 12.0. The van der Waals surface area contributed by atoms with Gasteiger partial charge in [-0.1, -0.05) is 105 Å². The number of rotatable bonds is 15. The van der Waals surface area contributed by atoms with Crippen molar-refractivity contribution in [2.75, 3.05) is 11.4 Å². The fourth-order valence-corrected chi connectivity index (χ4v) is 7.84. The average Bonchev–Trinajstić information content (AvgIpc) is 3.33. The monoisotopic (exact) mass is 732 g/mol. The molecular weight excluding hydrogens is 686 g/mol. The Balaban J connectivity index is 1.66. The molecule has 1 N–H and O–H groups in total. The lowest BCUT2D eigenvalue weighted by Crippen LogP contribution is -2.34. The number of carbonyl (C=O) groups is 1. The first-order valence-corrected chi connectivity index (χ1v) is 18.4. The van der Waals surface area contributed by atoms with Crippen molar-refractivity contribution < 1.29 is 18.7 Å². The summed E-state index contributed by atoms with van der Waals surface area (Å²) in [6, 6.07) is 31.7. The lowest BCUT2D eigenvalue weighted by atomic mass is 9.65. The normalized spacial score (nSPS) is 15.6. The molecule has 0 spiro atoms. The summed E-state index contributed by atoms with van der Waals surface area (Å²) in [5.74, 6) is -0.833. The van der Waals surface area contributed by atoms with Gasteiger partial charge in [0.05, 0.1) is 11.6 Å². The number of aliphatic carboxylic acids is 1. The molecule has 0 saturated carbocycles. The zero-order valence-electron chi connectivity index (χ0n) is 30.9. The fraction of sp³-hybridized carbons (Fsp3) is 0.304. The Bertz CT molecular complexity index is 2080. The molecule has 4 aromatic carbocycles. The van der Waals surface area contributed by atoms with Crippen molar-refractivity contribution in [2.24, 2.45) is 0 Å². The predicted molar refractivity (Wildman–Crippen MR) is 212 cm³/mol. The Labute approximate surface area is 317 Å². The van der Waals surface area contributed by atoms with Gasteiger partial charge >= 0.3 is 5.97 Å². The summed E-state index contributed by atoms with van der Waals surface area (Å²) >= 11 is 6.72. The summed E-state index contributed by atoms with van der Waals surface area (Å²) < 4.78 is 27.9. The number of carboxylic acid groups (broad SMARTS) is 1. The molecule has 0 fully saturated rings. The van der Waals surface area contributed by atoms with Crippen molar-refractivity contribution in [1.29, 1.82) is 5.26 Å². The van der Waals surface area contributed by atoms with Gasteiger partial charge in [-0.3, -0.25) is 4.79 Å². The van der Waals surface area contributed by atoms with Crippen LogP contribution in [0.4, 0.5) is 14.5 Å². The van der Waals surface area contributed by atoms with Crippen molar-refractivity contribution in [3.8, 4) is 6.07 Å². The van der Waals surface area contributed by atoms with Crippen LogP contribution in [0.3, 0.4) is 0 Å². The number of hydrogen-bond acceptors (Lipinski definition) is 3. The minimum absolute atomic E-state index is 0.0531. The largest absolute Gasteiger partial charge is 0.481 e. The molecule has 5 rings (SSSR count). The van der Waals surface area contributed by atoms with E-state index in [1.165, 1.54) is 6.07 Å². The molecule has 7 heteroatoms. The topological polar surface area (TPSA) is 64.3 Å². The van der Waals surface area contributed by atoms with E-state index < -0.39 is 23.2 Å². The van der Waals surface area contributed by atoms with E-state index in [4.69, 9.17) is 23.3 Å². The minimum Gasteiger partial charge on any atom is -0.481 e. The van der Waals surface area contributed by atoms with Crippen molar-refractivity contribution in [3.05, 3.63) is 171 Å². The Kier molecular flexibility index (Phi) is 12.4. The van der Waals surface area contributed by atoms with Crippen LogP contribution >= 0.6 is 11.6 Å². The van der Waals surface area contributed by atoms with Gasteiger partial charge in [0.1, 0.15) is 0 Å². The van der Waals surface area contributed by atoms with E-state index in [1.54, 1.807) is 12.1 Å². The molecule has 0 amide bonds. The van der Waals surface area contributed by atoms with Gasteiger partial charge in [-0.15, -0.1) is 0 Å². The van der Waals surface area contributed by atoms with Crippen LogP contribution in [-0.4, -0.2) is 17.6 Å². The van der Waals surface area contributed by atoms with Crippen LogP contribution < -0.4 is 4.90 Å². The number of alkyl halides is 2. The molecule has 0 aromatic heterocycles. The molecule has 1 heterocycles. The summed E-state index contributed by atoms with van der Waals surface area (Å²) in [5.41, 5.74) is 7.56. The Morgan fingerprint density at radius 2 is 1.68 bits per heavy atom. The SMILES string of the molecule is C=C(/C=C(C#N)/C=C1\N(CCCCCC(=O)O)c2ccc(C(F)F)cc2C1(C)C)C(Cc1ccccc1)(Cc1ccccc1C)c1cc(Cl)ccc1C. The second-order valence-electron chi connectivity index (χ2n) is 14.6. The summed E-state index contributed by atoms with van der Waals surface area (Å²) in [5, 5.41) is 20.5. The Morgan fingerprint density at radius 1 is 0.962 bits per heavy atom. The highest BCUT2D eigenvalue weighted by molar-refractivity contribution is 6.30. The quantitative estimate of drug-likeness (QED) is 0.0751. The number of allylic oxidation sites excluding steroid dienone is 5. The number of hydrogen-bond donors (Lipinski definition) is 1. The maximum absolute atomic E-state index is 13.9. The Morgan fingerprint density at radius 3 is 2.36 bits per heavy atom. The van der Waals surface area contributed by atoms with Gasteiger partial charge in [-0.25, -0.2) is 8.78 Å². The molecule has 53 heavy (non-hydrogen) atoms. The number of nitriles is 1. The molecule has 4 aromatic rings. The highest BCUT2D eigenvalue weighted by atomic mass is 35.5. The van der Waals surface area contributed by atoms with E-state index in [0.717, 1.165) is 50.3 Å². The molecular formula is C46H47ClF2N2O2. The number of unbranched alkanes of at least 4 members (excludes halogenated alkanes) is 2. The fourth-order valence-electron chi connectivity index (χ4n) is 7.67. The van der Waals surface area contributed by atoms with Crippen molar-refractivity contribution in [1.82, 2.24) is 0 Å². The van der Waals surface area contributed by atoms with E-state index in [0.29, 0.717) is 49.2 Å². The van der Waals surface area contributed by atoms with Crippen LogP contribution in [0.1, 0.15) is 84.9 Å². The standard InChI is InChI=1S/C46H47ClF2N2O2/c1-31-14-11-12-17-37(31)29-46(28-34-15-8-6-9-16-34,39-27-38(47)21-19-32(39)2)33(3)24-35(30-50)25-42-45(4,5)40-26-36(44(48)49)20-22-41(40)51(42)23-13-7-10-18-43(52)53/h6,8-9,11-12,14-17,19-22,24-27,44H,3,7,10,13,18,23,28-29H2,1-2,4-5H3,(H,52,53)/b35-24-,42-25-. The maximum atomic E-state index is 13.9. The first-order valence-electron chi connectivity index (χ1n) is 18.1. The molecule has 1 atom stereocenters. The summed E-state index contributed by atoms with van der Waals surface area (Å²) in [4.78, 5) is 13.2. The lowest BCUT2D eigenvalue weighted by molar-refractivity contribution is -0.137. The summed E-state index contributed by atoms with van der Waals surface area (Å²) in [6.07, 6.45) is 4.36. The molecule has 1 aliphatic heterocycles. The van der Waals surface area contributed by atoms with Gasteiger partial charge in [0.2, 0.25) is 0 Å². The highest BCUT2D eigenvalue weighted by Gasteiger charge is 2.41. The molecule has 0 radical (unpaired) electrons. The average molecular weight is 733 g/mol. The van der Waals surface area contributed by atoms with Gasteiger partial charge in [-0.2, -0.15) is 5.26 Å². The smallest absolute Gasteiger partial charge is 0.303 e. The van der Waals surface area contributed by atoms with E-state index in [-0.39, 0.29) is 12.0 Å². The van der Waals surface area contributed by atoms with Crippen molar-refractivity contribution in [3.63, 3.8) is 0 Å². The molecule has 1 aliphatic rings. The van der Waals surface area contributed by atoms with Crippen LogP contribution in [0, 0.1) is 25.2 Å². The number of fused-ring (bicyclic) bond motifs is 1. The zero-order chi connectivity index (χ0) is 38.3.